The number of hydrogen-bond acceptors (Lipinski definition) is 7. The molecule has 0 atom stereocenters. The van der Waals surface area contributed by atoms with Crippen molar-refractivity contribution >= 4 is 17.2 Å². The van der Waals surface area contributed by atoms with Gasteiger partial charge in [0.2, 0.25) is 17.6 Å². The van der Waals surface area contributed by atoms with Crippen molar-refractivity contribution < 1.29 is 14.1 Å². The molecular weight excluding hydrogens is 352 g/mol. The maximum atomic E-state index is 11.8. The highest BCUT2D eigenvalue weighted by Gasteiger charge is 2.10. The van der Waals surface area contributed by atoms with Crippen LogP contribution in [0.15, 0.2) is 40.4 Å². The number of ether oxygens (including phenoxy) is 1. The van der Waals surface area contributed by atoms with Crippen molar-refractivity contribution in [1.29, 1.82) is 0 Å². The molecular formula is C18H20N4O3S. The lowest BCUT2D eigenvalue weighted by molar-refractivity contribution is -0.121. The molecule has 7 nitrogen and oxygen atoms in total. The molecule has 0 fully saturated rings. The molecule has 0 saturated carbocycles. The van der Waals surface area contributed by atoms with Gasteiger partial charge in [0, 0.05) is 42.9 Å². The van der Waals surface area contributed by atoms with E-state index in [2.05, 4.69) is 20.4 Å². The highest BCUT2D eigenvalue weighted by Crippen LogP contribution is 2.20. The van der Waals surface area contributed by atoms with Crippen LogP contribution in [0.25, 0.3) is 11.4 Å². The Hall–Kier alpha value is -2.74. The largest absolute Gasteiger partial charge is 0.497 e. The second kappa shape index (κ2) is 9.10. The Bertz CT molecular complexity index is 815. The fourth-order valence-corrected chi connectivity index (χ4v) is 3.01. The number of nitrogens with zero attached hydrogens (tertiary/aromatic N) is 3. The molecule has 2 heterocycles. The number of rotatable bonds is 9. The molecule has 0 radical (unpaired) electrons. The van der Waals surface area contributed by atoms with E-state index in [0.29, 0.717) is 37.5 Å². The molecule has 0 aliphatic rings. The first kappa shape index (κ1) is 18.1. The fourth-order valence-electron chi connectivity index (χ4n) is 2.39. The third kappa shape index (κ3) is 5.13. The number of hydrogen-bond donors (Lipinski definition) is 1. The topological polar surface area (TPSA) is 90.1 Å². The summed E-state index contributed by atoms with van der Waals surface area (Å²) in [6.45, 7) is 0.606. The van der Waals surface area contributed by atoms with Crippen LogP contribution in [0.5, 0.6) is 5.75 Å². The summed E-state index contributed by atoms with van der Waals surface area (Å²) in [5, 5.41) is 9.84. The molecule has 0 saturated heterocycles. The second-order valence-corrected chi connectivity index (χ2v) is 6.60. The van der Waals surface area contributed by atoms with Crippen LogP contribution in [0.1, 0.15) is 23.7 Å². The molecule has 2 aromatic heterocycles. The van der Waals surface area contributed by atoms with Crippen molar-refractivity contribution in [2.24, 2.45) is 0 Å². The summed E-state index contributed by atoms with van der Waals surface area (Å²) in [7, 11) is 1.62. The smallest absolute Gasteiger partial charge is 0.226 e. The van der Waals surface area contributed by atoms with Crippen LogP contribution in [-0.4, -0.2) is 34.7 Å². The zero-order valence-electron chi connectivity index (χ0n) is 14.5. The third-order valence-electron chi connectivity index (χ3n) is 3.76. The lowest BCUT2D eigenvalue weighted by atomic mass is 10.2. The van der Waals surface area contributed by atoms with Crippen molar-refractivity contribution in [3.63, 3.8) is 0 Å². The normalized spacial score (nSPS) is 10.7. The number of aryl methyl sites for hydroxylation is 1. The Labute approximate surface area is 155 Å². The molecule has 3 rings (SSSR count). The minimum atomic E-state index is 0.0245. The Morgan fingerprint density at radius 3 is 2.85 bits per heavy atom. The molecule has 3 aromatic rings. The van der Waals surface area contributed by atoms with Gasteiger partial charge in [-0.15, -0.1) is 11.3 Å². The number of benzene rings is 1. The van der Waals surface area contributed by atoms with E-state index in [9.17, 15) is 4.79 Å². The third-order valence-corrected chi connectivity index (χ3v) is 4.59. The van der Waals surface area contributed by atoms with Gasteiger partial charge in [-0.2, -0.15) is 4.98 Å². The van der Waals surface area contributed by atoms with E-state index in [4.69, 9.17) is 9.26 Å². The zero-order valence-corrected chi connectivity index (χ0v) is 15.3. The van der Waals surface area contributed by atoms with E-state index in [1.807, 2.05) is 29.6 Å². The number of thiazole rings is 1. The first-order valence-corrected chi connectivity index (χ1v) is 9.24. The van der Waals surface area contributed by atoms with Crippen LogP contribution in [0, 0.1) is 0 Å². The summed E-state index contributed by atoms with van der Waals surface area (Å²) in [6, 6.07) is 7.45. The van der Waals surface area contributed by atoms with Gasteiger partial charge in [-0.3, -0.25) is 4.79 Å². The zero-order chi connectivity index (χ0) is 18.2. The van der Waals surface area contributed by atoms with E-state index >= 15 is 0 Å². The van der Waals surface area contributed by atoms with Crippen molar-refractivity contribution in [2.75, 3.05) is 13.7 Å². The minimum absolute atomic E-state index is 0.0245. The van der Waals surface area contributed by atoms with Gasteiger partial charge in [-0.05, 0) is 30.7 Å². The van der Waals surface area contributed by atoms with Crippen molar-refractivity contribution in [1.82, 2.24) is 20.4 Å². The lowest BCUT2D eigenvalue weighted by Gasteiger charge is -2.02. The lowest BCUT2D eigenvalue weighted by Crippen LogP contribution is -2.25. The van der Waals surface area contributed by atoms with E-state index < -0.39 is 0 Å². The van der Waals surface area contributed by atoms with Gasteiger partial charge in [0.15, 0.2) is 0 Å². The van der Waals surface area contributed by atoms with Crippen LogP contribution in [0.4, 0.5) is 0 Å². The molecule has 0 bridgehead atoms. The average molecular weight is 372 g/mol. The van der Waals surface area contributed by atoms with Crippen LogP contribution in [-0.2, 0) is 17.6 Å². The Kier molecular flexibility index (Phi) is 6.32. The van der Waals surface area contributed by atoms with E-state index in [0.717, 1.165) is 22.7 Å². The number of nitrogens with one attached hydrogen (secondary N) is 1. The van der Waals surface area contributed by atoms with Crippen molar-refractivity contribution in [2.45, 2.75) is 25.7 Å². The van der Waals surface area contributed by atoms with Gasteiger partial charge in [0.1, 0.15) is 5.75 Å². The van der Waals surface area contributed by atoms with Gasteiger partial charge in [-0.1, -0.05) is 5.16 Å². The summed E-state index contributed by atoms with van der Waals surface area (Å²) in [5.74, 6) is 1.87. The predicted octanol–water partition coefficient (Wildman–Crippen LogP) is 2.88. The molecule has 0 aliphatic carbocycles. The standard InChI is InChI=1S/C18H20N4O3S/c1-24-14-7-5-13(6-8-14)18-21-16(25-22-18)4-2-3-15(23)19-10-9-17-20-11-12-26-17/h5-8,11-12H,2-4,9-10H2,1H3,(H,19,23). The van der Waals surface area contributed by atoms with Gasteiger partial charge < -0.3 is 14.6 Å². The quantitative estimate of drug-likeness (QED) is 0.621. The second-order valence-electron chi connectivity index (χ2n) is 5.62. The summed E-state index contributed by atoms with van der Waals surface area (Å²) >= 11 is 1.60. The Morgan fingerprint density at radius 2 is 2.12 bits per heavy atom. The van der Waals surface area contributed by atoms with Gasteiger partial charge in [0.05, 0.1) is 12.1 Å². The molecule has 136 valence electrons. The van der Waals surface area contributed by atoms with E-state index in [-0.39, 0.29) is 5.91 Å². The van der Waals surface area contributed by atoms with Crippen molar-refractivity contribution in [3.05, 3.63) is 46.7 Å². The fraction of sp³-hybridized carbons (Fsp3) is 0.333. The van der Waals surface area contributed by atoms with Crippen LogP contribution >= 0.6 is 11.3 Å². The number of methoxy groups -OCH3 is 1. The summed E-state index contributed by atoms with van der Waals surface area (Å²) < 4.78 is 10.4. The van der Waals surface area contributed by atoms with Gasteiger partial charge >= 0.3 is 0 Å². The summed E-state index contributed by atoms with van der Waals surface area (Å²) in [5.41, 5.74) is 0.862. The molecule has 26 heavy (non-hydrogen) atoms. The molecule has 1 aromatic carbocycles. The van der Waals surface area contributed by atoms with Crippen molar-refractivity contribution in [3.8, 4) is 17.1 Å². The summed E-state index contributed by atoms with van der Waals surface area (Å²) in [6.07, 6.45) is 4.19. The van der Waals surface area contributed by atoms with E-state index in [1.165, 1.54) is 0 Å². The number of aromatic nitrogens is 3. The predicted molar refractivity (Wildman–Crippen MR) is 98.1 cm³/mol. The summed E-state index contributed by atoms with van der Waals surface area (Å²) in [4.78, 5) is 20.4. The molecule has 0 unspecified atom stereocenters. The number of carbonyl (C=O) groups excluding carboxylic acids is 1. The van der Waals surface area contributed by atoms with Gasteiger partial charge in [0.25, 0.3) is 0 Å². The first-order chi connectivity index (χ1) is 12.7. The highest BCUT2D eigenvalue weighted by atomic mass is 32.1. The SMILES string of the molecule is COc1ccc(-c2noc(CCCC(=O)NCCc3nccs3)n2)cc1. The van der Waals surface area contributed by atoms with Crippen LogP contribution < -0.4 is 10.1 Å². The van der Waals surface area contributed by atoms with Gasteiger partial charge in [-0.25, -0.2) is 4.98 Å². The molecule has 8 heteroatoms. The Morgan fingerprint density at radius 1 is 1.27 bits per heavy atom. The molecule has 0 aliphatic heterocycles. The molecule has 1 N–H and O–H groups in total. The number of amides is 1. The minimum Gasteiger partial charge on any atom is -0.497 e. The Balaban J connectivity index is 1.39. The van der Waals surface area contributed by atoms with Crippen LogP contribution in [0.2, 0.25) is 0 Å². The maximum Gasteiger partial charge on any atom is 0.226 e. The van der Waals surface area contributed by atoms with Crippen LogP contribution in [0.3, 0.4) is 0 Å². The number of carbonyl (C=O) groups is 1. The molecule has 0 spiro atoms. The highest BCUT2D eigenvalue weighted by molar-refractivity contribution is 7.09. The van der Waals surface area contributed by atoms with E-state index in [1.54, 1.807) is 24.6 Å². The monoisotopic (exact) mass is 372 g/mol. The first-order valence-electron chi connectivity index (χ1n) is 8.36. The average Bonchev–Trinajstić information content (AvgIpc) is 3.34. The maximum absolute atomic E-state index is 11.8. The molecule has 1 amide bonds.